The molecule has 1 atom stereocenters. The minimum absolute atomic E-state index is 0.0350. The molecule has 1 aliphatic heterocycles. The largest absolute Gasteiger partial charge is 0.342 e. The van der Waals surface area contributed by atoms with Crippen LogP contribution >= 0.6 is 0 Å². The first kappa shape index (κ1) is 25.9. The summed E-state index contributed by atoms with van der Waals surface area (Å²) in [6.45, 7) is 1.21. The van der Waals surface area contributed by atoms with E-state index >= 15 is 0 Å². The topological polar surface area (TPSA) is 98.8 Å². The van der Waals surface area contributed by atoms with Crippen LogP contribution in [0.25, 0.3) is 0 Å². The van der Waals surface area contributed by atoms with Crippen LogP contribution in [0.1, 0.15) is 60.9 Å². The number of carbonyl (C=O) groups is 4. The summed E-state index contributed by atoms with van der Waals surface area (Å²) in [5.74, 6) is -0.198. The second-order valence-corrected chi connectivity index (χ2v) is 10.9. The molecule has 1 unspecified atom stereocenters. The Labute approximate surface area is 223 Å². The summed E-state index contributed by atoms with van der Waals surface area (Å²) in [7, 11) is 1.83. The number of anilines is 2. The van der Waals surface area contributed by atoms with Gasteiger partial charge in [0, 0.05) is 49.0 Å². The minimum Gasteiger partial charge on any atom is -0.342 e. The smallest absolute Gasteiger partial charge is 0.253 e. The molecule has 8 nitrogen and oxygen atoms in total. The van der Waals surface area contributed by atoms with Crippen molar-refractivity contribution in [3.63, 3.8) is 0 Å². The van der Waals surface area contributed by atoms with E-state index in [0.29, 0.717) is 29.5 Å². The third-order valence-electron chi connectivity index (χ3n) is 7.93. The van der Waals surface area contributed by atoms with Gasteiger partial charge in [0.2, 0.25) is 17.7 Å². The normalized spacial score (nSPS) is 19.3. The Kier molecular flexibility index (Phi) is 7.77. The number of amides is 4. The maximum absolute atomic E-state index is 12.9. The molecule has 8 heteroatoms. The molecular weight excluding hydrogens is 480 g/mol. The van der Waals surface area contributed by atoms with E-state index in [1.807, 2.05) is 30.1 Å². The van der Waals surface area contributed by atoms with E-state index in [1.165, 1.54) is 0 Å². The van der Waals surface area contributed by atoms with Crippen LogP contribution in [0, 0.1) is 11.8 Å². The van der Waals surface area contributed by atoms with Gasteiger partial charge in [-0.05, 0) is 80.8 Å². The number of hydrogen-bond acceptors (Lipinski definition) is 4. The van der Waals surface area contributed by atoms with Crippen LogP contribution in [0.5, 0.6) is 0 Å². The van der Waals surface area contributed by atoms with Gasteiger partial charge in [-0.2, -0.15) is 0 Å². The highest BCUT2D eigenvalue weighted by Gasteiger charge is 2.36. The number of carbonyl (C=O) groups excluding carboxylic acids is 4. The molecule has 4 amide bonds. The zero-order valence-corrected chi connectivity index (χ0v) is 21.9. The molecule has 3 aliphatic rings. The van der Waals surface area contributed by atoms with Crippen molar-refractivity contribution >= 4 is 35.0 Å². The lowest BCUT2D eigenvalue weighted by Gasteiger charge is -2.34. The fourth-order valence-corrected chi connectivity index (χ4v) is 5.25. The lowest BCUT2D eigenvalue weighted by atomic mass is 9.91. The van der Waals surface area contributed by atoms with Crippen LogP contribution in [0.3, 0.4) is 0 Å². The van der Waals surface area contributed by atoms with Crippen molar-refractivity contribution in [1.29, 1.82) is 0 Å². The van der Waals surface area contributed by atoms with E-state index in [1.54, 1.807) is 35.2 Å². The average molecular weight is 517 g/mol. The highest BCUT2D eigenvalue weighted by atomic mass is 16.2. The molecule has 2 N–H and O–H groups in total. The second-order valence-electron chi connectivity index (χ2n) is 10.9. The molecule has 1 saturated heterocycles. The van der Waals surface area contributed by atoms with E-state index in [2.05, 4.69) is 10.6 Å². The Balaban J connectivity index is 1.15. The number of nitrogens with zero attached hydrogens (tertiary/aromatic N) is 2. The van der Waals surface area contributed by atoms with E-state index in [-0.39, 0.29) is 41.9 Å². The first-order valence-electron chi connectivity index (χ1n) is 13.7. The fraction of sp³-hybridized carbons (Fsp3) is 0.467. The molecule has 38 heavy (non-hydrogen) atoms. The number of rotatable bonds is 8. The van der Waals surface area contributed by atoms with Crippen molar-refractivity contribution < 1.29 is 19.2 Å². The second kappa shape index (κ2) is 11.4. The molecule has 2 aromatic rings. The van der Waals surface area contributed by atoms with E-state index < -0.39 is 0 Å². The number of benzene rings is 2. The van der Waals surface area contributed by atoms with Gasteiger partial charge in [0.25, 0.3) is 5.91 Å². The summed E-state index contributed by atoms with van der Waals surface area (Å²) in [5, 5.41) is 5.87. The van der Waals surface area contributed by atoms with Crippen LogP contribution in [0.4, 0.5) is 11.4 Å². The summed E-state index contributed by atoms with van der Waals surface area (Å²) < 4.78 is 0. The minimum atomic E-state index is -0.225. The molecular formula is C30H36N4O4. The third-order valence-corrected chi connectivity index (χ3v) is 7.93. The van der Waals surface area contributed by atoms with Crippen molar-refractivity contribution in [2.75, 3.05) is 30.8 Å². The zero-order valence-electron chi connectivity index (χ0n) is 21.9. The van der Waals surface area contributed by atoms with Crippen molar-refractivity contribution in [2.24, 2.45) is 11.8 Å². The Morgan fingerprint density at radius 1 is 0.868 bits per heavy atom. The van der Waals surface area contributed by atoms with Crippen molar-refractivity contribution in [3.8, 4) is 0 Å². The predicted octanol–water partition coefficient (Wildman–Crippen LogP) is 4.08. The summed E-state index contributed by atoms with van der Waals surface area (Å²) in [4.78, 5) is 54.6. The van der Waals surface area contributed by atoms with E-state index in [0.717, 1.165) is 57.1 Å². The Morgan fingerprint density at radius 2 is 1.61 bits per heavy atom. The standard InChI is InChI=1S/C30H36N4O4/c1-33(26-11-4-12-26)29(37)22-7-3-10-25(18-22)31-27(35)17-20-6-2-9-24(16-20)32-28(36)23-8-5-15-34(19-23)30(38)21-13-14-21/h2-3,6-7,9-10,16,18,21,23,26H,4-5,8,11-15,17,19H2,1H3,(H,31,35)(H,32,36). The van der Waals surface area contributed by atoms with Crippen LogP contribution in [-0.2, 0) is 20.8 Å². The molecule has 1 heterocycles. The molecule has 2 aliphatic carbocycles. The van der Waals surface area contributed by atoms with Gasteiger partial charge in [-0.25, -0.2) is 0 Å². The molecule has 0 spiro atoms. The molecule has 0 aromatic heterocycles. The van der Waals surface area contributed by atoms with Crippen molar-refractivity contribution in [3.05, 3.63) is 59.7 Å². The van der Waals surface area contributed by atoms with Gasteiger partial charge in [0.15, 0.2) is 0 Å². The molecule has 0 radical (unpaired) electrons. The predicted molar refractivity (Wildman–Crippen MR) is 146 cm³/mol. The molecule has 2 aromatic carbocycles. The van der Waals surface area contributed by atoms with Crippen molar-refractivity contribution in [1.82, 2.24) is 9.80 Å². The van der Waals surface area contributed by atoms with Gasteiger partial charge in [0.05, 0.1) is 12.3 Å². The molecule has 2 saturated carbocycles. The van der Waals surface area contributed by atoms with Gasteiger partial charge in [-0.15, -0.1) is 0 Å². The summed E-state index contributed by atoms with van der Waals surface area (Å²) in [6, 6.07) is 14.6. The quantitative estimate of drug-likeness (QED) is 0.552. The number of hydrogen-bond donors (Lipinski definition) is 2. The van der Waals surface area contributed by atoms with Crippen LogP contribution in [0.2, 0.25) is 0 Å². The van der Waals surface area contributed by atoms with Crippen LogP contribution in [0.15, 0.2) is 48.5 Å². The lowest BCUT2D eigenvalue weighted by Crippen LogP contribution is -2.44. The van der Waals surface area contributed by atoms with E-state index in [4.69, 9.17) is 0 Å². The molecule has 3 fully saturated rings. The Morgan fingerprint density at radius 3 is 2.32 bits per heavy atom. The zero-order chi connectivity index (χ0) is 26.6. The third kappa shape index (κ3) is 6.23. The molecule has 200 valence electrons. The van der Waals surface area contributed by atoms with Crippen molar-refractivity contribution in [2.45, 2.75) is 57.4 Å². The SMILES string of the molecule is CN(C(=O)c1cccc(NC(=O)Cc2cccc(NC(=O)C3CCCN(C(=O)C4CC4)C3)c2)c1)C1CCC1. The Bertz CT molecular complexity index is 1220. The first-order valence-corrected chi connectivity index (χ1v) is 13.7. The average Bonchev–Trinajstić information content (AvgIpc) is 3.73. The highest BCUT2D eigenvalue weighted by Crippen LogP contribution is 2.32. The van der Waals surface area contributed by atoms with Gasteiger partial charge < -0.3 is 20.4 Å². The number of likely N-dealkylation sites (tertiary alicyclic amines) is 1. The monoisotopic (exact) mass is 516 g/mol. The maximum atomic E-state index is 12.9. The fourth-order valence-electron chi connectivity index (χ4n) is 5.25. The first-order chi connectivity index (χ1) is 18.4. The van der Waals surface area contributed by atoms with Gasteiger partial charge >= 0.3 is 0 Å². The van der Waals surface area contributed by atoms with Crippen LogP contribution < -0.4 is 10.6 Å². The molecule has 5 rings (SSSR count). The van der Waals surface area contributed by atoms with Gasteiger partial charge in [-0.3, -0.25) is 19.2 Å². The highest BCUT2D eigenvalue weighted by molar-refractivity contribution is 5.98. The summed E-state index contributed by atoms with van der Waals surface area (Å²) >= 11 is 0. The van der Waals surface area contributed by atoms with Gasteiger partial charge in [0.1, 0.15) is 0 Å². The van der Waals surface area contributed by atoms with E-state index in [9.17, 15) is 19.2 Å². The maximum Gasteiger partial charge on any atom is 0.253 e. The molecule has 0 bridgehead atoms. The Hall–Kier alpha value is -3.68. The van der Waals surface area contributed by atoms with Gasteiger partial charge in [-0.1, -0.05) is 18.2 Å². The van der Waals surface area contributed by atoms with Crippen LogP contribution in [-0.4, -0.2) is 59.6 Å². The number of nitrogens with one attached hydrogen (secondary N) is 2. The number of piperidine rings is 1. The summed E-state index contributed by atoms with van der Waals surface area (Å²) in [5.41, 5.74) is 2.54. The summed E-state index contributed by atoms with van der Waals surface area (Å²) in [6.07, 6.45) is 6.90. The lowest BCUT2D eigenvalue weighted by molar-refractivity contribution is -0.135.